The third-order valence-electron chi connectivity index (χ3n) is 2.12. The molecular weight excluding hydrogens is 211 g/mol. The predicted molar refractivity (Wildman–Crippen MR) is 51.9 cm³/mol. The van der Waals surface area contributed by atoms with E-state index in [0.29, 0.717) is 24.6 Å². The fraction of sp³-hybridized carbons (Fsp3) is 0.714. The van der Waals surface area contributed by atoms with E-state index < -0.39 is 6.17 Å². The summed E-state index contributed by atoms with van der Waals surface area (Å²) in [6, 6.07) is 0. The van der Waals surface area contributed by atoms with Crippen molar-refractivity contribution < 1.29 is 8.91 Å². The Morgan fingerprint density at radius 2 is 2.15 bits per heavy atom. The highest BCUT2D eigenvalue weighted by Gasteiger charge is 2.34. The second-order valence-corrected chi connectivity index (χ2v) is 4.57. The summed E-state index contributed by atoms with van der Waals surface area (Å²) in [7, 11) is 0. The lowest BCUT2D eigenvalue weighted by molar-refractivity contribution is 0.153. The molecule has 1 aliphatic carbocycles. The van der Waals surface area contributed by atoms with Gasteiger partial charge in [-0.3, -0.25) is 0 Å². The van der Waals surface area contributed by atoms with Gasteiger partial charge in [-0.15, -0.1) is 0 Å². The third kappa shape index (κ3) is 1.83. The van der Waals surface area contributed by atoms with E-state index >= 15 is 0 Å². The second kappa shape index (κ2) is 3.49. The number of hydrogen-bond donors (Lipinski definition) is 2. The Bertz CT molecular complexity index is 298. The van der Waals surface area contributed by atoms with Gasteiger partial charge in [0.15, 0.2) is 5.82 Å². The van der Waals surface area contributed by atoms with E-state index in [0.717, 1.165) is 0 Å². The molecule has 2 rings (SSSR count). The smallest absolute Gasteiger partial charge is 0.230 e. The summed E-state index contributed by atoms with van der Waals surface area (Å²) in [6.07, 6.45) is 0.278. The van der Waals surface area contributed by atoms with Crippen LogP contribution < -0.4 is 0 Å². The van der Waals surface area contributed by atoms with E-state index in [1.807, 2.05) is 0 Å². The van der Waals surface area contributed by atoms with Crippen LogP contribution in [-0.4, -0.2) is 16.3 Å². The van der Waals surface area contributed by atoms with Crippen molar-refractivity contribution in [1.82, 2.24) is 10.1 Å². The van der Waals surface area contributed by atoms with E-state index in [9.17, 15) is 4.39 Å². The lowest BCUT2D eigenvalue weighted by atomic mass is 9.83. The number of halogens is 1. The molecule has 6 heteroatoms. The van der Waals surface area contributed by atoms with Gasteiger partial charge < -0.3 is 4.52 Å². The Morgan fingerprint density at radius 1 is 1.46 bits per heavy atom. The van der Waals surface area contributed by atoms with Crippen LogP contribution in [0.1, 0.15) is 35.1 Å². The van der Waals surface area contributed by atoms with Crippen molar-refractivity contribution in [3.05, 3.63) is 11.7 Å². The topological polar surface area (TPSA) is 38.9 Å². The van der Waals surface area contributed by atoms with Crippen LogP contribution in [-0.2, 0) is 0 Å². The number of aromatic nitrogens is 2. The fourth-order valence-electron chi connectivity index (χ4n) is 1.27. The summed E-state index contributed by atoms with van der Waals surface area (Å²) in [6.45, 7) is 0. The van der Waals surface area contributed by atoms with Crippen LogP contribution in [0.3, 0.4) is 0 Å². The van der Waals surface area contributed by atoms with Gasteiger partial charge in [0, 0.05) is 5.92 Å². The summed E-state index contributed by atoms with van der Waals surface area (Å²) in [5.74, 6) is 1.05. The SMILES string of the molecule is FC1CC(c2nc(C(S)S)no2)C1. The van der Waals surface area contributed by atoms with Gasteiger partial charge in [-0.2, -0.15) is 30.2 Å². The van der Waals surface area contributed by atoms with Crippen molar-refractivity contribution >= 4 is 25.3 Å². The highest BCUT2D eigenvalue weighted by molar-refractivity contribution is 7.98. The van der Waals surface area contributed by atoms with Gasteiger partial charge in [-0.05, 0) is 12.8 Å². The third-order valence-corrected chi connectivity index (χ3v) is 2.58. The van der Waals surface area contributed by atoms with Gasteiger partial charge in [-0.25, -0.2) is 4.39 Å². The minimum Gasteiger partial charge on any atom is -0.339 e. The highest BCUT2D eigenvalue weighted by atomic mass is 32.2. The summed E-state index contributed by atoms with van der Waals surface area (Å²) < 4.78 is 17.1. The maximum absolute atomic E-state index is 12.5. The van der Waals surface area contributed by atoms with Gasteiger partial charge in [-0.1, -0.05) is 5.16 Å². The Morgan fingerprint density at radius 3 is 2.62 bits per heavy atom. The van der Waals surface area contributed by atoms with Crippen molar-refractivity contribution in [3.8, 4) is 0 Å². The molecule has 0 bridgehead atoms. The van der Waals surface area contributed by atoms with Gasteiger partial charge >= 0.3 is 0 Å². The van der Waals surface area contributed by atoms with Crippen LogP contribution in [0.15, 0.2) is 4.52 Å². The number of alkyl halides is 1. The van der Waals surface area contributed by atoms with Gasteiger partial charge in [0.2, 0.25) is 5.89 Å². The Labute approximate surface area is 85.9 Å². The van der Waals surface area contributed by atoms with Crippen LogP contribution >= 0.6 is 25.3 Å². The first-order valence-corrected chi connectivity index (χ1v) is 5.04. The number of rotatable bonds is 2. The van der Waals surface area contributed by atoms with E-state index in [1.165, 1.54) is 0 Å². The Kier molecular flexibility index (Phi) is 2.51. The van der Waals surface area contributed by atoms with Crippen molar-refractivity contribution in [1.29, 1.82) is 0 Å². The summed E-state index contributed by atoms with van der Waals surface area (Å²) in [4.78, 5) is 4.07. The van der Waals surface area contributed by atoms with Gasteiger partial charge in [0.1, 0.15) is 10.8 Å². The van der Waals surface area contributed by atoms with Crippen LogP contribution in [0.2, 0.25) is 0 Å². The van der Waals surface area contributed by atoms with Gasteiger partial charge in [0.25, 0.3) is 0 Å². The predicted octanol–water partition coefficient (Wildman–Crippen LogP) is 2.14. The minimum atomic E-state index is -0.705. The van der Waals surface area contributed by atoms with E-state index in [1.54, 1.807) is 0 Å². The molecule has 1 aromatic rings. The first-order valence-electron chi connectivity index (χ1n) is 4.00. The molecule has 1 heterocycles. The van der Waals surface area contributed by atoms with Crippen LogP contribution in [0.25, 0.3) is 0 Å². The first-order chi connectivity index (χ1) is 6.16. The molecule has 13 heavy (non-hydrogen) atoms. The Balaban J connectivity index is 2.06. The molecule has 0 unspecified atom stereocenters. The van der Waals surface area contributed by atoms with Crippen LogP contribution in [0.4, 0.5) is 4.39 Å². The second-order valence-electron chi connectivity index (χ2n) is 3.13. The molecule has 3 nitrogen and oxygen atoms in total. The molecule has 0 atom stereocenters. The average molecular weight is 220 g/mol. The molecule has 1 aliphatic rings. The summed E-state index contributed by atoms with van der Waals surface area (Å²) in [5, 5.41) is 3.68. The van der Waals surface area contributed by atoms with Crippen molar-refractivity contribution in [2.45, 2.75) is 29.5 Å². The number of thiol groups is 2. The highest BCUT2D eigenvalue weighted by Crippen LogP contribution is 2.38. The zero-order chi connectivity index (χ0) is 9.42. The monoisotopic (exact) mass is 220 g/mol. The average Bonchev–Trinajstić information content (AvgIpc) is 2.46. The summed E-state index contributed by atoms with van der Waals surface area (Å²) in [5.41, 5.74) is 0. The lowest BCUT2D eigenvalue weighted by Gasteiger charge is -2.25. The molecular formula is C7H9FN2OS2. The largest absolute Gasteiger partial charge is 0.339 e. The maximum Gasteiger partial charge on any atom is 0.230 e. The number of hydrogen-bond acceptors (Lipinski definition) is 5. The van der Waals surface area contributed by atoms with E-state index in [2.05, 4.69) is 35.4 Å². The summed E-state index contributed by atoms with van der Waals surface area (Å²) >= 11 is 8.08. The molecule has 0 radical (unpaired) electrons. The fourth-order valence-corrected chi connectivity index (χ4v) is 1.48. The normalized spacial score (nSPS) is 27.7. The zero-order valence-electron chi connectivity index (χ0n) is 6.72. The Hall–Kier alpha value is -0.230. The quantitative estimate of drug-likeness (QED) is 0.592. The molecule has 0 spiro atoms. The molecule has 0 aliphatic heterocycles. The van der Waals surface area contributed by atoms with Crippen molar-refractivity contribution in [3.63, 3.8) is 0 Å². The van der Waals surface area contributed by atoms with Crippen LogP contribution in [0.5, 0.6) is 0 Å². The zero-order valence-corrected chi connectivity index (χ0v) is 8.51. The van der Waals surface area contributed by atoms with Crippen molar-refractivity contribution in [2.75, 3.05) is 0 Å². The molecule has 1 saturated carbocycles. The molecule has 0 saturated heterocycles. The molecule has 0 amide bonds. The van der Waals surface area contributed by atoms with Gasteiger partial charge in [0.05, 0.1) is 0 Å². The molecule has 0 aromatic carbocycles. The maximum atomic E-state index is 12.5. The lowest BCUT2D eigenvalue weighted by Crippen LogP contribution is -2.22. The van der Waals surface area contributed by atoms with Crippen LogP contribution in [0, 0.1) is 0 Å². The minimum absolute atomic E-state index is 0.0941. The van der Waals surface area contributed by atoms with E-state index in [4.69, 9.17) is 4.52 Å². The van der Waals surface area contributed by atoms with E-state index in [-0.39, 0.29) is 10.5 Å². The van der Waals surface area contributed by atoms with Crippen molar-refractivity contribution in [2.24, 2.45) is 0 Å². The molecule has 1 aromatic heterocycles. The molecule has 72 valence electrons. The first kappa shape index (κ1) is 9.33. The molecule has 1 fully saturated rings. The molecule has 0 N–H and O–H groups in total. The standard InChI is InChI=1S/C7H9FN2OS2/c8-4-1-3(2-4)6-9-5(7(12)13)10-11-6/h3-4,7,12-13H,1-2H2. The number of nitrogens with zero attached hydrogens (tertiary/aromatic N) is 2.